The highest BCUT2D eigenvalue weighted by Crippen LogP contribution is 2.04. The molecule has 0 aliphatic heterocycles. The Morgan fingerprint density at radius 1 is 1.14 bits per heavy atom. The van der Waals surface area contributed by atoms with Crippen molar-refractivity contribution in [3.8, 4) is 0 Å². The number of amides is 1. The van der Waals surface area contributed by atoms with Crippen LogP contribution in [0.3, 0.4) is 0 Å². The van der Waals surface area contributed by atoms with Crippen LogP contribution in [0, 0.1) is 0 Å². The minimum absolute atomic E-state index is 0. The number of hydrogen-bond donors (Lipinski definition) is 4. The molecule has 5 N–H and O–H groups in total. The number of aliphatic carboxylic acids is 2. The van der Waals surface area contributed by atoms with Gasteiger partial charge in [-0.2, -0.15) is 0 Å². The van der Waals surface area contributed by atoms with Crippen molar-refractivity contribution in [1.82, 2.24) is 5.32 Å². The Morgan fingerprint density at radius 3 is 2.19 bits per heavy atom. The average molecular weight is 317 g/mol. The van der Waals surface area contributed by atoms with Crippen LogP contribution in [0.2, 0.25) is 0 Å². The molecule has 2 atom stereocenters. The summed E-state index contributed by atoms with van der Waals surface area (Å²) in [6.45, 7) is 0. The fraction of sp³-hybridized carbons (Fsp3) is 0.308. The minimum atomic E-state index is -1.27. The molecule has 0 aliphatic rings. The molecule has 0 saturated carbocycles. The van der Waals surface area contributed by atoms with Crippen LogP contribution in [0.15, 0.2) is 30.3 Å². The third-order valence-electron chi connectivity index (χ3n) is 2.63. The van der Waals surface area contributed by atoms with Gasteiger partial charge in [0.1, 0.15) is 6.04 Å². The van der Waals surface area contributed by atoms with Crippen molar-refractivity contribution < 1.29 is 24.6 Å². The molecule has 7 nitrogen and oxygen atoms in total. The number of carboxylic acids is 2. The number of carbonyl (C=O) groups is 3. The number of benzene rings is 1. The van der Waals surface area contributed by atoms with Gasteiger partial charge in [-0.25, -0.2) is 4.79 Å². The summed E-state index contributed by atoms with van der Waals surface area (Å²) in [5.74, 6) is -3.22. The molecule has 1 amide bonds. The molecule has 0 unspecified atom stereocenters. The van der Waals surface area contributed by atoms with Crippen molar-refractivity contribution in [2.45, 2.75) is 24.9 Å². The molecule has 0 spiro atoms. The van der Waals surface area contributed by atoms with Crippen LogP contribution < -0.4 is 11.1 Å². The molecule has 21 heavy (non-hydrogen) atoms. The Labute approximate surface area is 127 Å². The van der Waals surface area contributed by atoms with Crippen LogP contribution in [-0.2, 0) is 20.8 Å². The summed E-state index contributed by atoms with van der Waals surface area (Å²) in [5.41, 5.74) is 6.12. The summed E-state index contributed by atoms with van der Waals surface area (Å²) in [4.78, 5) is 33.2. The number of carboxylic acid groups (broad SMARTS) is 2. The van der Waals surface area contributed by atoms with Gasteiger partial charge in [0.25, 0.3) is 0 Å². The number of carbonyl (C=O) groups excluding carboxylic acids is 1. The zero-order valence-corrected chi connectivity index (χ0v) is 11.9. The van der Waals surface area contributed by atoms with E-state index in [-0.39, 0.29) is 18.8 Å². The van der Waals surface area contributed by atoms with Crippen molar-refractivity contribution in [3.63, 3.8) is 0 Å². The Balaban J connectivity index is 0.00000400. The highest BCUT2D eigenvalue weighted by atomic mass is 35.5. The zero-order chi connectivity index (χ0) is 15.1. The fourth-order valence-electron chi connectivity index (χ4n) is 1.61. The Hall–Kier alpha value is -2.12. The van der Waals surface area contributed by atoms with Gasteiger partial charge < -0.3 is 21.3 Å². The van der Waals surface area contributed by atoms with Crippen LogP contribution >= 0.6 is 12.4 Å². The molecule has 0 bridgehead atoms. The number of halogens is 1. The molecule has 1 rings (SSSR count). The second-order valence-electron chi connectivity index (χ2n) is 4.29. The van der Waals surface area contributed by atoms with Crippen molar-refractivity contribution in [3.05, 3.63) is 35.9 Å². The molecular weight excluding hydrogens is 300 g/mol. The quantitative estimate of drug-likeness (QED) is 0.561. The molecule has 1 aromatic carbocycles. The van der Waals surface area contributed by atoms with E-state index >= 15 is 0 Å². The third-order valence-corrected chi connectivity index (χ3v) is 2.63. The Bertz CT molecular complexity index is 495. The van der Waals surface area contributed by atoms with Gasteiger partial charge >= 0.3 is 11.9 Å². The van der Waals surface area contributed by atoms with Crippen molar-refractivity contribution in [2.75, 3.05) is 0 Å². The third kappa shape index (κ3) is 6.73. The number of nitrogens with two attached hydrogens (primary N) is 1. The van der Waals surface area contributed by atoms with Crippen LogP contribution in [0.4, 0.5) is 0 Å². The van der Waals surface area contributed by atoms with Gasteiger partial charge in [0.05, 0.1) is 12.5 Å². The molecule has 8 heteroatoms. The van der Waals surface area contributed by atoms with Gasteiger partial charge in [0.2, 0.25) is 5.91 Å². The van der Waals surface area contributed by atoms with Gasteiger partial charge in [-0.15, -0.1) is 12.4 Å². The first-order valence-corrected chi connectivity index (χ1v) is 5.94. The van der Waals surface area contributed by atoms with Gasteiger partial charge in [0.15, 0.2) is 0 Å². The lowest BCUT2D eigenvalue weighted by Crippen LogP contribution is -2.49. The standard InChI is InChI=1S/C13H16N2O5.ClH/c14-9(7-11(16)17)12(18)15-10(13(19)20)6-8-4-2-1-3-5-8;/h1-5,9-10H,6-7,14H2,(H,15,18)(H,16,17)(H,19,20);1H/t9-,10-;/m0./s1. The van der Waals surface area contributed by atoms with E-state index in [1.54, 1.807) is 30.3 Å². The second kappa shape index (κ2) is 8.93. The summed E-state index contributed by atoms with van der Waals surface area (Å²) < 4.78 is 0. The first-order valence-electron chi connectivity index (χ1n) is 5.94. The Morgan fingerprint density at radius 2 is 1.71 bits per heavy atom. The topological polar surface area (TPSA) is 130 Å². The maximum atomic E-state index is 11.6. The molecule has 1 aromatic rings. The van der Waals surface area contributed by atoms with E-state index in [0.717, 1.165) is 5.56 Å². The molecule has 0 aliphatic carbocycles. The molecule has 0 fully saturated rings. The maximum Gasteiger partial charge on any atom is 0.326 e. The molecule has 0 aromatic heterocycles. The van der Waals surface area contributed by atoms with Gasteiger partial charge in [-0.05, 0) is 5.56 Å². The lowest BCUT2D eigenvalue weighted by Gasteiger charge is -2.17. The summed E-state index contributed by atoms with van der Waals surface area (Å²) in [7, 11) is 0. The summed E-state index contributed by atoms with van der Waals surface area (Å²) >= 11 is 0. The lowest BCUT2D eigenvalue weighted by atomic mass is 10.1. The largest absolute Gasteiger partial charge is 0.481 e. The van der Waals surface area contributed by atoms with Crippen LogP contribution in [0.5, 0.6) is 0 Å². The van der Waals surface area contributed by atoms with Crippen LogP contribution in [0.1, 0.15) is 12.0 Å². The first kappa shape index (κ1) is 18.9. The van der Waals surface area contributed by atoms with Crippen LogP contribution in [-0.4, -0.2) is 40.1 Å². The van der Waals surface area contributed by atoms with E-state index in [0.29, 0.717) is 0 Å². The zero-order valence-electron chi connectivity index (χ0n) is 11.1. The van der Waals surface area contributed by atoms with E-state index in [9.17, 15) is 14.4 Å². The van der Waals surface area contributed by atoms with Crippen molar-refractivity contribution in [1.29, 1.82) is 0 Å². The highest BCUT2D eigenvalue weighted by molar-refractivity contribution is 5.89. The number of nitrogens with one attached hydrogen (secondary N) is 1. The van der Waals surface area contributed by atoms with E-state index in [1.165, 1.54) is 0 Å². The molecule has 0 heterocycles. The maximum absolute atomic E-state index is 11.6. The molecule has 116 valence electrons. The highest BCUT2D eigenvalue weighted by Gasteiger charge is 2.24. The first-order chi connectivity index (χ1) is 9.40. The van der Waals surface area contributed by atoms with Gasteiger partial charge in [-0.1, -0.05) is 30.3 Å². The molecule has 0 radical (unpaired) electrons. The summed E-state index contributed by atoms with van der Waals surface area (Å²) in [6, 6.07) is 6.35. The van der Waals surface area contributed by atoms with E-state index in [2.05, 4.69) is 5.32 Å². The van der Waals surface area contributed by atoms with Gasteiger partial charge in [-0.3, -0.25) is 9.59 Å². The minimum Gasteiger partial charge on any atom is -0.481 e. The lowest BCUT2D eigenvalue weighted by molar-refractivity contribution is -0.142. The predicted octanol–water partition coefficient (Wildman–Crippen LogP) is 0.0223. The molecule has 0 saturated heterocycles. The van der Waals surface area contributed by atoms with Crippen molar-refractivity contribution >= 4 is 30.3 Å². The van der Waals surface area contributed by atoms with E-state index < -0.39 is 36.4 Å². The number of rotatable bonds is 7. The van der Waals surface area contributed by atoms with E-state index in [1.807, 2.05) is 0 Å². The SMILES string of the molecule is Cl.N[C@@H](CC(=O)O)C(=O)N[C@@H](Cc1ccccc1)C(=O)O. The number of hydrogen-bond acceptors (Lipinski definition) is 4. The summed E-state index contributed by atoms with van der Waals surface area (Å²) in [5, 5.41) is 19.9. The predicted molar refractivity (Wildman–Crippen MR) is 77.2 cm³/mol. The molecular formula is C13H17ClN2O5. The normalized spacial score (nSPS) is 12.6. The average Bonchev–Trinajstić information content (AvgIpc) is 2.38. The van der Waals surface area contributed by atoms with Crippen LogP contribution in [0.25, 0.3) is 0 Å². The van der Waals surface area contributed by atoms with Crippen molar-refractivity contribution in [2.24, 2.45) is 5.73 Å². The Kier molecular flexibility index (Phi) is 8.03. The van der Waals surface area contributed by atoms with Gasteiger partial charge in [0, 0.05) is 6.42 Å². The van der Waals surface area contributed by atoms with E-state index in [4.69, 9.17) is 15.9 Å². The second-order valence-corrected chi connectivity index (χ2v) is 4.29. The monoisotopic (exact) mass is 316 g/mol. The fourth-order valence-corrected chi connectivity index (χ4v) is 1.61. The smallest absolute Gasteiger partial charge is 0.326 e. The summed E-state index contributed by atoms with van der Waals surface area (Å²) in [6.07, 6.45) is -0.453.